The molecule has 19 heavy (non-hydrogen) atoms. The van der Waals surface area contributed by atoms with Gasteiger partial charge in [0.15, 0.2) is 0 Å². The second-order valence-corrected chi connectivity index (χ2v) is 7.56. The maximum absolute atomic E-state index is 6.67. The van der Waals surface area contributed by atoms with Gasteiger partial charge in [-0.3, -0.25) is 4.68 Å². The van der Waals surface area contributed by atoms with Crippen LogP contribution in [0.2, 0.25) is 0 Å². The van der Waals surface area contributed by atoms with E-state index in [0.29, 0.717) is 5.41 Å². The third kappa shape index (κ3) is 3.82. The van der Waals surface area contributed by atoms with Crippen molar-refractivity contribution in [2.75, 3.05) is 0 Å². The van der Waals surface area contributed by atoms with Crippen LogP contribution in [-0.4, -0.2) is 15.3 Å². The van der Waals surface area contributed by atoms with Crippen LogP contribution in [0.1, 0.15) is 58.4 Å². The minimum absolute atomic E-state index is 0.0248. The molecule has 3 heteroatoms. The van der Waals surface area contributed by atoms with Crippen molar-refractivity contribution in [1.82, 2.24) is 9.78 Å². The van der Waals surface area contributed by atoms with E-state index in [1.807, 2.05) is 17.9 Å². The Labute approximate surface area is 117 Å². The number of hydrogen-bond acceptors (Lipinski definition) is 2. The van der Waals surface area contributed by atoms with E-state index in [9.17, 15) is 0 Å². The van der Waals surface area contributed by atoms with Gasteiger partial charge in [0.25, 0.3) is 0 Å². The SMILES string of the molecule is Cn1cc(CC2(N)CCCC(C(C)(C)C)CC2)cn1. The molecule has 1 saturated carbocycles. The Balaban J connectivity index is 2.01. The molecule has 0 amide bonds. The van der Waals surface area contributed by atoms with Crippen molar-refractivity contribution in [2.24, 2.45) is 24.1 Å². The van der Waals surface area contributed by atoms with Crippen LogP contribution in [0, 0.1) is 11.3 Å². The van der Waals surface area contributed by atoms with Crippen LogP contribution in [0.5, 0.6) is 0 Å². The standard InChI is InChI=1S/C16H29N3/c1-15(2,3)14-6-5-8-16(17,9-7-14)10-13-11-18-19(4)12-13/h11-12,14H,5-10,17H2,1-4H3. The van der Waals surface area contributed by atoms with Crippen molar-refractivity contribution in [1.29, 1.82) is 0 Å². The Morgan fingerprint density at radius 3 is 2.68 bits per heavy atom. The molecule has 0 spiro atoms. The summed E-state index contributed by atoms with van der Waals surface area (Å²) >= 11 is 0. The molecule has 1 heterocycles. The number of aryl methyl sites for hydroxylation is 1. The first kappa shape index (κ1) is 14.6. The van der Waals surface area contributed by atoms with Gasteiger partial charge in [-0.2, -0.15) is 5.10 Å². The zero-order chi connectivity index (χ0) is 14.1. The van der Waals surface area contributed by atoms with Gasteiger partial charge in [-0.15, -0.1) is 0 Å². The summed E-state index contributed by atoms with van der Waals surface area (Å²) in [5.74, 6) is 0.812. The lowest BCUT2D eigenvalue weighted by molar-refractivity contribution is 0.210. The Bertz CT molecular complexity index is 416. The van der Waals surface area contributed by atoms with E-state index >= 15 is 0 Å². The lowest BCUT2D eigenvalue weighted by atomic mass is 9.76. The van der Waals surface area contributed by atoms with E-state index in [0.717, 1.165) is 25.2 Å². The summed E-state index contributed by atoms with van der Waals surface area (Å²) in [5, 5.41) is 4.25. The van der Waals surface area contributed by atoms with Crippen LogP contribution in [0.4, 0.5) is 0 Å². The molecule has 1 fully saturated rings. The molecule has 0 saturated heterocycles. The van der Waals surface area contributed by atoms with Gasteiger partial charge in [-0.1, -0.05) is 27.2 Å². The summed E-state index contributed by atoms with van der Waals surface area (Å²) in [6, 6.07) is 0. The molecule has 0 aliphatic heterocycles. The molecule has 1 aliphatic carbocycles. The molecule has 0 bridgehead atoms. The first-order valence-corrected chi connectivity index (χ1v) is 7.55. The molecule has 0 radical (unpaired) electrons. The largest absolute Gasteiger partial charge is 0.325 e. The topological polar surface area (TPSA) is 43.8 Å². The predicted molar refractivity (Wildman–Crippen MR) is 79.9 cm³/mol. The van der Waals surface area contributed by atoms with Crippen molar-refractivity contribution in [2.45, 2.75) is 64.8 Å². The number of nitrogens with two attached hydrogens (primary N) is 1. The van der Waals surface area contributed by atoms with Crippen molar-refractivity contribution >= 4 is 0 Å². The van der Waals surface area contributed by atoms with Crippen LogP contribution < -0.4 is 5.73 Å². The highest BCUT2D eigenvalue weighted by molar-refractivity contribution is 5.10. The van der Waals surface area contributed by atoms with Gasteiger partial charge in [0.2, 0.25) is 0 Å². The van der Waals surface area contributed by atoms with Gasteiger partial charge < -0.3 is 5.73 Å². The highest BCUT2D eigenvalue weighted by atomic mass is 15.2. The molecule has 1 aromatic heterocycles. The summed E-state index contributed by atoms with van der Waals surface area (Å²) in [6.07, 6.45) is 11.2. The Hall–Kier alpha value is -0.830. The summed E-state index contributed by atoms with van der Waals surface area (Å²) < 4.78 is 1.87. The second-order valence-electron chi connectivity index (χ2n) is 7.56. The lowest BCUT2D eigenvalue weighted by Gasteiger charge is -2.31. The summed E-state index contributed by atoms with van der Waals surface area (Å²) in [4.78, 5) is 0. The summed E-state index contributed by atoms with van der Waals surface area (Å²) in [7, 11) is 1.97. The predicted octanol–water partition coefficient (Wildman–Crippen LogP) is 3.29. The zero-order valence-corrected chi connectivity index (χ0v) is 12.9. The minimum Gasteiger partial charge on any atom is -0.325 e. The van der Waals surface area contributed by atoms with E-state index in [4.69, 9.17) is 5.73 Å². The van der Waals surface area contributed by atoms with Crippen LogP contribution in [-0.2, 0) is 13.5 Å². The van der Waals surface area contributed by atoms with Gasteiger partial charge in [-0.25, -0.2) is 0 Å². The molecule has 2 unspecified atom stereocenters. The van der Waals surface area contributed by atoms with Gasteiger partial charge in [-0.05, 0) is 49.0 Å². The first-order valence-electron chi connectivity index (χ1n) is 7.55. The molecule has 1 aromatic rings. The minimum atomic E-state index is -0.0248. The molecule has 3 nitrogen and oxygen atoms in total. The van der Waals surface area contributed by atoms with Crippen LogP contribution in [0.15, 0.2) is 12.4 Å². The van der Waals surface area contributed by atoms with Gasteiger partial charge in [0, 0.05) is 18.8 Å². The molecule has 108 valence electrons. The third-order valence-corrected chi connectivity index (χ3v) is 4.76. The fourth-order valence-corrected chi connectivity index (χ4v) is 3.44. The van der Waals surface area contributed by atoms with Crippen molar-refractivity contribution in [3.63, 3.8) is 0 Å². The molecule has 0 aromatic carbocycles. The average Bonchev–Trinajstić information content (AvgIpc) is 2.56. The fourth-order valence-electron chi connectivity index (χ4n) is 3.44. The van der Waals surface area contributed by atoms with E-state index in [2.05, 4.69) is 32.1 Å². The Kier molecular flexibility index (Phi) is 4.05. The van der Waals surface area contributed by atoms with Crippen LogP contribution in [0.25, 0.3) is 0 Å². The van der Waals surface area contributed by atoms with E-state index < -0.39 is 0 Å². The van der Waals surface area contributed by atoms with Crippen molar-refractivity contribution in [3.05, 3.63) is 18.0 Å². The smallest absolute Gasteiger partial charge is 0.0522 e. The zero-order valence-electron chi connectivity index (χ0n) is 12.9. The van der Waals surface area contributed by atoms with E-state index in [1.165, 1.54) is 24.8 Å². The van der Waals surface area contributed by atoms with Crippen molar-refractivity contribution in [3.8, 4) is 0 Å². The van der Waals surface area contributed by atoms with Crippen molar-refractivity contribution < 1.29 is 0 Å². The van der Waals surface area contributed by atoms with Gasteiger partial charge in [0.05, 0.1) is 6.20 Å². The molecular weight excluding hydrogens is 234 g/mol. The molecule has 2 N–H and O–H groups in total. The average molecular weight is 263 g/mol. The maximum atomic E-state index is 6.67. The van der Waals surface area contributed by atoms with Crippen LogP contribution in [0.3, 0.4) is 0 Å². The first-order chi connectivity index (χ1) is 8.78. The quantitative estimate of drug-likeness (QED) is 0.832. The number of hydrogen-bond donors (Lipinski definition) is 1. The third-order valence-electron chi connectivity index (χ3n) is 4.76. The van der Waals surface area contributed by atoms with E-state index in [-0.39, 0.29) is 5.54 Å². The molecule has 2 rings (SSSR count). The highest BCUT2D eigenvalue weighted by Gasteiger charge is 2.33. The fraction of sp³-hybridized carbons (Fsp3) is 0.812. The molecule has 2 atom stereocenters. The Morgan fingerprint density at radius 1 is 1.37 bits per heavy atom. The van der Waals surface area contributed by atoms with Gasteiger partial charge >= 0.3 is 0 Å². The maximum Gasteiger partial charge on any atom is 0.0522 e. The van der Waals surface area contributed by atoms with Crippen LogP contribution >= 0.6 is 0 Å². The van der Waals surface area contributed by atoms with Gasteiger partial charge in [0.1, 0.15) is 0 Å². The van der Waals surface area contributed by atoms with E-state index in [1.54, 1.807) is 0 Å². The highest BCUT2D eigenvalue weighted by Crippen LogP contribution is 2.39. The monoisotopic (exact) mass is 263 g/mol. The number of rotatable bonds is 2. The lowest BCUT2D eigenvalue weighted by Crippen LogP contribution is -2.41. The normalized spacial score (nSPS) is 29.2. The summed E-state index contributed by atoms with van der Waals surface area (Å²) in [6.45, 7) is 7.09. The molecular formula is C16H29N3. The Morgan fingerprint density at radius 2 is 2.11 bits per heavy atom. The number of aromatic nitrogens is 2. The second kappa shape index (κ2) is 5.28. The number of nitrogens with zero attached hydrogens (tertiary/aromatic N) is 2. The molecule has 1 aliphatic rings. The summed E-state index contributed by atoms with van der Waals surface area (Å²) in [5.41, 5.74) is 8.34.